The first-order valence-electron chi connectivity index (χ1n) is 8.23. The summed E-state index contributed by atoms with van der Waals surface area (Å²) in [4.78, 5) is 1.28. The highest BCUT2D eigenvalue weighted by Crippen LogP contribution is 2.37. The first-order chi connectivity index (χ1) is 13.1. The van der Waals surface area contributed by atoms with E-state index in [0.29, 0.717) is 28.6 Å². The number of benzene rings is 2. The molecule has 3 rings (SSSR count). The summed E-state index contributed by atoms with van der Waals surface area (Å²) >= 11 is 11.3. The van der Waals surface area contributed by atoms with Gasteiger partial charge in [-0.25, -0.2) is 4.39 Å². The Kier molecular flexibility index (Phi) is 7.13. The molecule has 2 aromatic carbocycles. The lowest BCUT2D eigenvalue weighted by molar-refractivity contribution is 0.277. The number of rotatable bonds is 8. The number of hydrogen-bond donors (Lipinski definition) is 1. The van der Waals surface area contributed by atoms with E-state index in [2.05, 4.69) is 32.7 Å². The van der Waals surface area contributed by atoms with Gasteiger partial charge in [-0.3, -0.25) is 0 Å². The van der Waals surface area contributed by atoms with Crippen LogP contribution in [0.15, 0.2) is 52.3 Å². The molecule has 1 N–H and O–H groups in total. The number of hydrogen-bond acceptors (Lipinski definition) is 4. The molecule has 0 fully saturated rings. The SMILES string of the molecule is COc1cc(CNCc2cccs2)cc(Br)c1OCc1c(F)cccc1Cl. The van der Waals surface area contributed by atoms with E-state index in [1.54, 1.807) is 30.6 Å². The van der Waals surface area contributed by atoms with E-state index in [1.807, 2.05) is 18.2 Å². The zero-order valence-electron chi connectivity index (χ0n) is 14.6. The van der Waals surface area contributed by atoms with Crippen molar-refractivity contribution in [2.75, 3.05) is 7.11 Å². The van der Waals surface area contributed by atoms with Crippen molar-refractivity contribution < 1.29 is 13.9 Å². The third kappa shape index (κ3) is 5.23. The minimum Gasteiger partial charge on any atom is -0.493 e. The summed E-state index contributed by atoms with van der Waals surface area (Å²) in [5.74, 6) is 0.690. The fourth-order valence-electron chi connectivity index (χ4n) is 2.57. The lowest BCUT2D eigenvalue weighted by Gasteiger charge is -2.15. The third-order valence-electron chi connectivity index (χ3n) is 3.92. The first-order valence-corrected chi connectivity index (χ1v) is 10.3. The van der Waals surface area contributed by atoms with Gasteiger partial charge in [-0.1, -0.05) is 23.7 Å². The summed E-state index contributed by atoms with van der Waals surface area (Å²) in [6, 6.07) is 12.6. The second-order valence-corrected chi connectivity index (χ2v) is 8.07. The topological polar surface area (TPSA) is 30.5 Å². The largest absolute Gasteiger partial charge is 0.493 e. The fourth-order valence-corrected chi connectivity index (χ4v) is 4.07. The molecular formula is C20H18BrClFNO2S. The zero-order valence-corrected chi connectivity index (χ0v) is 17.8. The van der Waals surface area contributed by atoms with Crippen molar-refractivity contribution in [1.29, 1.82) is 0 Å². The molecule has 0 bridgehead atoms. The van der Waals surface area contributed by atoms with Crippen LogP contribution in [0.2, 0.25) is 5.02 Å². The van der Waals surface area contributed by atoms with Gasteiger partial charge in [-0.15, -0.1) is 11.3 Å². The van der Waals surface area contributed by atoms with Crippen LogP contribution in [-0.2, 0) is 19.7 Å². The third-order valence-corrected chi connectivity index (χ3v) is 5.74. The molecule has 1 heterocycles. The highest BCUT2D eigenvalue weighted by atomic mass is 79.9. The van der Waals surface area contributed by atoms with Crippen LogP contribution in [0.3, 0.4) is 0 Å². The van der Waals surface area contributed by atoms with Crippen molar-refractivity contribution in [2.24, 2.45) is 0 Å². The van der Waals surface area contributed by atoms with Gasteiger partial charge in [0.1, 0.15) is 12.4 Å². The highest BCUT2D eigenvalue weighted by Gasteiger charge is 2.14. The molecule has 27 heavy (non-hydrogen) atoms. The molecule has 0 unspecified atom stereocenters. The van der Waals surface area contributed by atoms with Crippen molar-refractivity contribution in [3.63, 3.8) is 0 Å². The van der Waals surface area contributed by atoms with Crippen LogP contribution in [0.4, 0.5) is 4.39 Å². The minimum atomic E-state index is -0.396. The summed E-state index contributed by atoms with van der Waals surface area (Å²) in [5, 5.41) is 5.79. The quantitative estimate of drug-likeness (QED) is 0.426. The van der Waals surface area contributed by atoms with Gasteiger partial charge in [0.25, 0.3) is 0 Å². The lowest BCUT2D eigenvalue weighted by atomic mass is 10.2. The van der Waals surface area contributed by atoms with E-state index in [9.17, 15) is 4.39 Å². The maximum absolute atomic E-state index is 13.9. The maximum Gasteiger partial charge on any atom is 0.175 e. The number of nitrogens with one attached hydrogen (secondary N) is 1. The smallest absolute Gasteiger partial charge is 0.175 e. The predicted molar refractivity (Wildman–Crippen MR) is 111 cm³/mol. The average molecular weight is 471 g/mol. The van der Waals surface area contributed by atoms with Crippen LogP contribution in [0.25, 0.3) is 0 Å². The van der Waals surface area contributed by atoms with Gasteiger partial charge in [0.05, 0.1) is 16.6 Å². The molecule has 0 radical (unpaired) electrons. The van der Waals surface area contributed by atoms with Crippen LogP contribution >= 0.6 is 38.9 Å². The highest BCUT2D eigenvalue weighted by molar-refractivity contribution is 9.10. The predicted octanol–water partition coefficient (Wildman–Crippen LogP) is 6.18. The van der Waals surface area contributed by atoms with Gasteiger partial charge < -0.3 is 14.8 Å². The Morgan fingerprint density at radius 2 is 2.04 bits per heavy atom. The second-order valence-electron chi connectivity index (χ2n) is 5.78. The maximum atomic E-state index is 13.9. The van der Waals surface area contributed by atoms with E-state index in [0.717, 1.165) is 16.6 Å². The normalized spacial score (nSPS) is 10.8. The van der Waals surface area contributed by atoms with E-state index in [-0.39, 0.29) is 6.61 Å². The summed E-state index contributed by atoms with van der Waals surface area (Å²) in [5.41, 5.74) is 1.36. The number of ether oxygens (including phenoxy) is 2. The van der Waals surface area contributed by atoms with Crippen molar-refractivity contribution in [1.82, 2.24) is 5.32 Å². The van der Waals surface area contributed by atoms with Crippen LogP contribution in [0.1, 0.15) is 16.0 Å². The van der Waals surface area contributed by atoms with Crippen molar-refractivity contribution >= 4 is 38.9 Å². The molecule has 3 aromatic rings. The fraction of sp³-hybridized carbons (Fsp3) is 0.200. The Morgan fingerprint density at radius 3 is 2.74 bits per heavy atom. The van der Waals surface area contributed by atoms with Gasteiger partial charge in [0.2, 0.25) is 0 Å². The van der Waals surface area contributed by atoms with Gasteiger partial charge in [-0.05, 0) is 57.2 Å². The zero-order chi connectivity index (χ0) is 19.2. The summed E-state index contributed by atoms with van der Waals surface area (Å²) in [6.07, 6.45) is 0. The summed E-state index contributed by atoms with van der Waals surface area (Å²) in [7, 11) is 1.58. The molecule has 0 atom stereocenters. The monoisotopic (exact) mass is 469 g/mol. The molecule has 1 aromatic heterocycles. The molecule has 0 saturated heterocycles. The van der Waals surface area contributed by atoms with Gasteiger partial charge in [-0.2, -0.15) is 0 Å². The average Bonchev–Trinajstić information content (AvgIpc) is 3.15. The minimum absolute atomic E-state index is 0.0104. The first kappa shape index (κ1) is 20.1. The van der Waals surface area contributed by atoms with Crippen molar-refractivity contribution in [2.45, 2.75) is 19.7 Å². The standard InChI is InChI=1S/C20H18BrClFNO2S/c1-25-19-9-13(10-24-11-14-4-3-7-27-14)8-16(21)20(19)26-12-15-17(22)5-2-6-18(15)23/h2-9,24H,10-12H2,1H3. The van der Waals surface area contributed by atoms with Crippen LogP contribution < -0.4 is 14.8 Å². The van der Waals surface area contributed by atoms with E-state index in [4.69, 9.17) is 21.1 Å². The molecule has 7 heteroatoms. The summed E-state index contributed by atoms with van der Waals surface area (Å²) < 4.78 is 25.9. The van der Waals surface area contributed by atoms with Gasteiger partial charge >= 0.3 is 0 Å². The van der Waals surface area contributed by atoms with Crippen molar-refractivity contribution in [3.8, 4) is 11.5 Å². The molecule has 142 valence electrons. The summed E-state index contributed by atoms with van der Waals surface area (Å²) in [6.45, 7) is 1.50. The van der Waals surface area contributed by atoms with E-state index in [1.165, 1.54) is 10.9 Å². The van der Waals surface area contributed by atoms with Gasteiger partial charge in [0.15, 0.2) is 11.5 Å². The molecule has 0 spiro atoms. The molecule has 0 saturated carbocycles. The molecule has 0 aliphatic heterocycles. The van der Waals surface area contributed by atoms with E-state index >= 15 is 0 Å². The molecule has 0 aliphatic carbocycles. The Balaban J connectivity index is 1.70. The lowest BCUT2D eigenvalue weighted by Crippen LogP contribution is -2.12. The van der Waals surface area contributed by atoms with Crippen LogP contribution in [0.5, 0.6) is 11.5 Å². The molecule has 0 amide bonds. The Bertz CT molecular complexity index is 885. The Morgan fingerprint density at radius 1 is 1.19 bits per heavy atom. The number of thiophene rings is 1. The Hall–Kier alpha value is -1.60. The second kappa shape index (κ2) is 9.55. The molecule has 3 nitrogen and oxygen atoms in total. The van der Waals surface area contributed by atoms with Crippen molar-refractivity contribution in [3.05, 3.63) is 79.2 Å². The van der Waals surface area contributed by atoms with Crippen LogP contribution in [-0.4, -0.2) is 7.11 Å². The van der Waals surface area contributed by atoms with Crippen LogP contribution in [0, 0.1) is 5.82 Å². The van der Waals surface area contributed by atoms with Gasteiger partial charge in [0, 0.05) is 23.5 Å². The molecular weight excluding hydrogens is 453 g/mol. The molecule has 0 aliphatic rings. The number of halogens is 3. The Labute approximate surface area is 175 Å². The van der Waals surface area contributed by atoms with E-state index < -0.39 is 5.82 Å². The number of methoxy groups -OCH3 is 1.